The second-order valence-corrected chi connectivity index (χ2v) is 9.65. The highest BCUT2D eigenvalue weighted by molar-refractivity contribution is 8.11. The average molecular weight is 404 g/mol. The van der Waals surface area contributed by atoms with Gasteiger partial charge in [-0.05, 0) is 44.2 Å². The highest BCUT2D eigenvalue weighted by Gasteiger charge is 2.08. The van der Waals surface area contributed by atoms with E-state index in [1.165, 1.54) is 38.5 Å². The normalized spacial score (nSPS) is 12.0. The van der Waals surface area contributed by atoms with Gasteiger partial charge in [-0.15, -0.1) is 0 Å². The second-order valence-electron chi connectivity index (χ2n) is 6.10. The summed E-state index contributed by atoms with van der Waals surface area (Å²) in [4.78, 5) is 11.4. The third-order valence-corrected chi connectivity index (χ3v) is 4.81. The number of esters is 1. The summed E-state index contributed by atoms with van der Waals surface area (Å²) in [6, 6.07) is 1.86. The Morgan fingerprint density at radius 2 is 1.65 bits per heavy atom. The topological polar surface area (TPSA) is 126 Å². The maximum Gasteiger partial charge on any atom is 0.348 e. The van der Waals surface area contributed by atoms with E-state index in [1.807, 2.05) is 6.07 Å². The van der Waals surface area contributed by atoms with Crippen molar-refractivity contribution in [1.82, 2.24) is 10.4 Å². The van der Waals surface area contributed by atoms with Gasteiger partial charge in [0, 0.05) is 13.1 Å². The van der Waals surface area contributed by atoms with E-state index >= 15 is 0 Å². The van der Waals surface area contributed by atoms with Crippen molar-refractivity contribution in [1.29, 1.82) is 5.26 Å². The van der Waals surface area contributed by atoms with Gasteiger partial charge in [0.1, 0.15) is 18.1 Å². The van der Waals surface area contributed by atoms with Gasteiger partial charge in [0.15, 0.2) is 0 Å². The van der Waals surface area contributed by atoms with Crippen LogP contribution in [0.25, 0.3) is 0 Å². The van der Waals surface area contributed by atoms with Crippen LogP contribution in [0.2, 0.25) is 0 Å². The molecule has 7 nitrogen and oxygen atoms in total. The zero-order valence-electron chi connectivity index (χ0n) is 15.8. The third kappa shape index (κ3) is 16.6. The molecule has 0 saturated carbocycles. The largest absolute Gasteiger partial charge is 0.462 e. The van der Waals surface area contributed by atoms with E-state index in [-0.39, 0.29) is 12.2 Å². The Morgan fingerprint density at radius 3 is 2.15 bits per heavy atom. The smallest absolute Gasteiger partial charge is 0.348 e. The van der Waals surface area contributed by atoms with E-state index in [0.29, 0.717) is 6.54 Å². The minimum absolute atomic E-state index is 0.0627. The molecule has 6 N–H and O–H groups in total. The predicted octanol–water partition coefficient (Wildman–Crippen LogP) is 2.44. The summed E-state index contributed by atoms with van der Waals surface area (Å²) >= 11 is 4.92. The maximum absolute atomic E-state index is 11.4. The van der Waals surface area contributed by atoms with Gasteiger partial charge in [-0.2, -0.15) is 5.26 Å². The first kappa shape index (κ1) is 25.2. The molecule has 0 amide bonds. The molecule has 0 saturated heterocycles. The zero-order valence-corrected chi connectivity index (χ0v) is 17.5. The number of nitrogens with zero attached hydrogens (tertiary/aromatic N) is 1. The standard InChI is InChI=1S/C17H34N5O2PS/c1-2-24-17(23)16(15-18)11-14-21-12-9-7-5-3-4-6-8-10-13-22-25(19,20)26/h11,21H,2-10,12-14H2,1H3,(H5,19,20,22,26). The Morgan fingerprint density at radius 1 is 1.12 bits per heavy atom. The number of hydrogen-bond acceptors (Lipinski definition) is 5. The molecule has 0 aliphatic heterocycles. The molecule has 0 bridgehead atoms. The molecule has 0 aromatic carbocycles. The Balaban J connectivity index is 3.42. The van der Waals surface area contributed by atoms with Gasteiger partial charge < -0.3 is 10.1 Å². The lowest BCUT2D eigenvalue weighted by atomic mass is 10.1. The highest BCUT2D eigenvalue weighted by Crippen LogP contribution is 2.17. The van der Waals surface area contributed by atoms with Crippen molar-refractivity contribution < 1.29 is 9.53 Å². The van der Waals surface area contributed by atoms with Gasteiger partial charge in [-0.25, -0.2) is 4.79 Å². The quantitative estimate of drug-likeness (QED) is 0.102. The minimum Gasteiger partial charge on any atom is -0.462 e. The first-order chi connectivity index (χ1) is 12.4. The molecule has 0 radical (unpaired) electrons. The molecule has 0 fully saturated rings. The lowest BCUT2D eigenvalue weighted by molar-refractivity contribution is -0.138. The Labute approximate surface area is 163 Å². The SMILES string of the molecule is CCOC(=O)C(C#N)=CCNCCCCCCCCCCNP(N)(N)=S. The predicted molar refractivity (Wildman–Crippen MR) is 111 cm³/mol. The second kappa shape index (κ2) is 16.4. The Hall–Kier alpha value is -0.810. The molecular formula is C17H34N5O2PS. The first-order valence-corrected chi connectivity index (χ1v) is 12.2. The van der Waals surface area contributed by atoms with Gasteiger partial charge in [-0.1, -0.05) is 38.5 Å². The average Bonchev–Trinajstić information content (AvgIpc) is 2.57. The molecule has 0 aromatic heterocycles. The number of ether oxygens (including phenoxy) is 1. The van der Waals surface area contributed by atoms with Gasteiger partial charge >= 0.3 is 5.97 Å². The monoisotopic (exact) mass is 403 g/mol. The summed E-state index contributed by atoms with van der Waals surface area (Å²) in [6.45, 7) is 1.97. The van der Waals surface area contributed by atoms with Crippen LogP contribution in [-0.4, -0.2) is 32.2 Å². The van der Waals surface area contributed by atoms with E-state index in [0.717, 1.165) is 25.9 Å². The maximum atomic E-state index is 11.4. The Bertz CT molecular complexity index is 502. The number of rotatable bonds is 16. The van der Waals surface area contributed by atoms with E-state index in [4.69, 9.17) is 32.8 Å². The number of carbonyl (C=O) groups is 1. The first-order valence-electron chi connectivity index (χ1n) is 9.31. The molecule has 0 spiro atoms. The molecule has 150 valence electrons. The number of carbonyl (C=O) groups excluding carboxylic acids is 1. The van der Waals surface area contributed by atoms with Crippen LogP contribution in [0.1, 0.15) is 58.3 Å². The van der Waals surface area contributed by atoms with Crippen LogP contribution >= 0.6 is 6.49 Å². The van der Waals surface area contributed by atoms with Crippen LogP contribution in [0.15, 0.2) is 11.6 Å². The Kier molecular flexibility index (Phi) is 15.9. The molecule has 0 aromatic rings. The summed E-state index contributed by atoms with van der Waals surface area (Å²) in [5.74, 6) is -0.552. The van der Waals surface area contributed by atoms with Crippen LogP contribution in [0.4, 0.5) is 0 Å². The minimum atomic E-state index is -2.23. The molecule has 0 aliphatic carbocycles. The van der Waals surface area contributed by atoms with Crippen molar-refractivity contribution in [3.05, 3.63) is 11.6 Å². The zero-order chi connectivity index (χ0) is 19.7. The lowest BCUT2D eigenvalue weighted by Crippen LogP contribution is -2.22. The molecule has 0 atom stereocenters. The number of unbranched alkanes of at least 4 members (excludes halogenated alkanes) is 7. The van der Waals surface area contributed by atoms with Crippen molar-refractivity contribution in [3.8, 4) is 6.07 Å². The molecule has 0 aliphatic rings. The van der Waals surface area contributed by atoms with E-state index < -0.39 is 12.5 Å². The number of nitrogens with one attached hydrogen (secondary N) is 2. The van der Waals surface area contributed by atoms with E-state index in [2.05, 4.69) is 10.4 Å². The van der Waals surface area contributed by atoms with Crippen LogP contribution in [-0.2, 0) is 21.3 Å². The van der Waals surface area contributed by atoms with E-state index in [9.17, 15) is 4.79 Å². The lowest BCUT2D eigenvalue weighted by Gasteiger charge is -2.11. The summed E-state index contributed by atoms with van der Waals surface area (Å²) in [5, 5.41) is 15.1. The van der Waals surface area contributed by atoms with E-state index in [1.54, 1.807) is 13.0 Å². The fourth-order valence-electron chi connectivity index (χ4n) is 2.35. The van der Waals surface area contributed by atoms with Crippen molar-refractivity contribution in [2.45, 2.75) is 58.3 Å². The van der Waals surface area contributed by atoms with Crippen LogP contribution in [0.5, 0.6) is 0 Å². The van der Waals surface area contributed by atoms with Crippen molar-refractivity contribution in [3.63, 3.8) is 0 Å². The highest BCUT2D eigenvalue weighted by atomic mass is 32.4. The fourth-order valence-corrected chi connectivity index (χ4v) is 3.13. The van der Waals surface area contributed by atoms with Crippen molar-refractivity contribution in [2.24, 2.45) is 11.0 Å². The number of nitriles is 1. The summed E-state index contributed by atoms with van der Waals surface area (Å²) in [5.41, 5.74) is 11.2. The molecule has 26 heavy (non-hydrogen) atoms. The number of nitrogens with two attached hydrogens (primary N) is 2. The molecule has 0 rings (SSSR count). The van der Waals surface area contributed by atoms with Gasteiger partial charge in [0.05, 0.1) is 6.61 Å². The van der Waals surface area contributed by atoms with Gasteiger partial charge in [0.2, 0.25) is 0 Å². The van der Waals surface area contributed by atoms with Gasteiger partial charge in [0.25, 0.3) is 0 Å². The van der Waals surface area contributed by atoms with Crippen molar-refractivity contribution >= 4 is 24.3 Å². The number of hydrogen-bond donors (Lipinski definition) is 4. The fraction of sp³-hybridized carbons (Fsp3) is 0.765. The molecule has 0 heterocycles. The van der Waals surface area contributed by atoms with Crippen LogP contribution in [0.3, 0.4) is 0 Å². The summed E-state index contributed by atoms with van der Waals surface area (Å²) in [7, 11) is 0. The van der Waals surface area contributed by atoms with Crippen LogP contribution in [0, 0.1) is 11.3 Å². The summed E-state index contributed by atoms with van der Waals surface area (Å²) < 4.78 is 4.80. The summed E-state index contributed by atoms with van der Waals surface area (Å²) in [6.07, 6.45) is 11.1. The molecular weight excluding hydrogens is 369 g/mol. The third-order valence-electron chi connectivity index (χ3n) is 3.71. The molecule has 9 heteroatoms. The molecule has 0 unspecified atom stereocenters. The van der Waals surface area contributed by atoms with Crippen molar-refractivity contribution in [2.75, 3.05) is 26.2 Å². The van der Waals surface area contributed by atoms with Gasteiger partial charge in [-0.3, -0.25) is 16.1 Å². The van der Waals surface area contributed by atoms with Crippen LogP contribution < -0.4 is 21.4 Å².